The average molecular weight is 409 g/mol. The van der Waals surface area contributed by atoms with Crippen LogP contribution in [0.5, 0.6) is 0 Å². The fourth-order valence-electron chi connectivity index (χ4n) is 3.96. The molecule has 2 aromatic carbocycles. The van der Waals surface area contributed by atoms with Crippen molar-refractivity contribution in [3.05, 3.63) is 84.2 Å². The lowest BCUT2D eigenvalue weighted by Crippen LogP contribution is -2.62. The highest BCUT2D eigenvalue weighted by atomic mass is 19.1. The monoisotopic (exact) mass is 409 g/mol. The van der Waals surface area contributed by atoms with Crippen LogP contribution in [-0.4, -0.2) is 56.4 Å². The van der Waals surface area contributed by atoms with E-state index in [1.54, 1.807) is 12.7 Å². The van der Waals surface area contributed by atoms with Crippen LogP contribution in [0.3, 0.4) is 0 Å². The molecular formula is C22H24FN5O2. The number of hydrogen-bond acceptors (Lipinski definition) is 5. The van der Waals surface area contributed by atoms with Crippen LogP contribution in [0.4, 0.5) is 4.39 Å². The van der Waals surface area contributed by atoms with E-state index >= 15 is 0 Å². The van der Waals surface area contributed by atoms with Gasteiger partial charge in [0.05, 0.1) is 11.6 Å². The number of β-amino-alcohol motifs (C(OH)–C–C–N with tert-alkyl or cyclic N) is 1. The van der Waals surface area contributed by atoms with Crippen LogP contribution in [0.1, 0.15) is 22.3 Å². The van der Waals surface area contributed by atoms with Gasteiger partial charge in [-0.3, -0.25) is 9.69 Å². The molecule has 1 fully saturated rings. The molecular weight excluding hydrogens is 385 g/mol. The molecule has 3 aromatic rings. The van der Waals surface area contributed by atoms with Gasteiger partial charge in [-0.2, -0.15) is 0 Å². The zero-order valence-corrected chi connectivity index (χ0v) is 16.5. The van der Waals surface area contributed by atoms with Gasteiger partial charge in [-0.05, 0) is 36.2 Å². The molecule has 1 amide bonds. The third kappa shape index (κ3) is 4.24. The zero-order valence-electron chi connectivity index (χ0n) is 16.5. The Morgan fingerprint density at radius 1 is 1.10 bits per heavy atom. The van der Waals surface area contributed by atoms with E-state index in [-0.39, 0.29) is 5.91 Å². The van der Waals surface area contributed by atoms with E-state index in [2.05, 4.69) is 20.4 Å². The van der Waals surface area contributed by atoms with Gasteiger partial charge in [-0.1, -0.05) is 30.3 Å². The van der Waals surface area contributed by atoms with Crippen LogP contribution in [0.15, 0.2) is 67.3 Å². The summed E-state index contributed by atoms with van der Waals surface area (Å²) >= 11 is 0. The third-order valence-electron chi connectivity index (χ3n) is 5.70. The molecule has 7 nitrogen and oxygen atoms in total. The lowest BCUT2D eigenvalue weighted by molar-refractivity contribution is -0.0163. The second-order valence-corrected chi connectivity index (χ2v) is 7.56. The van der Waals surface area contributed by atoms with Gasteiger partial charge < -0.3 is 15.0 Å². The number of aliphatic hydroxyl groups is 1. The number of carbonyl (C=O) groups excluding carboxylic acids is 1. The maximum Gasteiger partial charge on any atom is 0.252 e. The fourth-order valence-corrected chi connectivity index (χ4v) is 3.96. The highest BCUT2D eigenvalue weighted by Gasteiger charge is 2.44. The highest BCUT2D eigenvalue weighted by molar-refractivity contribution is 5.94. The van der Waals surface area contributed by atoms with Crippen molar-refractivity contribution in [2.75, 3.05) is 19.6 Å². The van der Waals surface area contributed by atoms with Crippen molar-refractivity contribution in [2.45, 2.75) is 24.6 Å². The summed E-state index contributed by atoms with van der Waals surface area (Å²) in [5.41, 5.74) is 0.292. The number of nitrogens with zero attached hydrogens (tertiary/aromatic N) is 4. The first-order chi connectivity index (χ1) is 14.6. The lowest BCUT2D eigenvalue weighted by atomic mass is 9.78. The summed E-state index contributed by atoms with van der Waals surface area (Å²) in [5.74, 6) is -0.735. The van der Waals surface area contributed by atoms with Gasteiger partial charge in [0.2, 0.25) is 0 Å². The zero-order chi connectivity index (χ0) is 21.0. The first kappa shape index (κ1) is 20.2. The van der Waals surface area contributed by atoms with Gasteiger partial charge in [0.15, 0.2) is 0 Å². The van der Waals surface area contributed by atoms with Gasteiger partial charge in [0.1, 0.15) is 18.5 Å². The molecule has 0 radical (unpaired) electrons. The van der Waals surface area contributed by atoms with Crippen molar-refractivity contribution in [1.29, 1.82) is 0 Å². The Balaban J connectivity index is 1.53. The minimum Gasteiger partial charge on any atom is -0.389 e. The van der Waals surface area contributed by atoms with Crippen LogP contribution in [0, 0.1) is 5.82 Å². The number of halogens is 1. The Kier molecular flexibility index (Phi) is 5.87. The molecule has 1 saturated heterocycles. The predicted molar refractivity (Wildman–Crippen MR) is 109 cm³/mol. The summed E-state index contributed by atoms with van der Waals surface area (Å²) in [6, 6.07) is 14.9. The number of aromatic nitrogens is 3. The quantitative estimate of drug-likeness (QED) is 0.649. The molecule has 0 aliphatic carbocycles. The topological polar surface area (TPSA) is 83.3 Å². The van der Waals surface area contributed by atoms with Gasteiger partial charge in [-0.15, -0.1) is 10.2 Å². The Hall–Kier alpha value is -3.10. The molecule has 1 aromatic heterocycles. The molecule has 1 aliphatic heterocycles. The molecule has 0 unspecified atom stereocenters. The second-order valence-electron chi connectivity index (χ2n) is 7.56. The van der Waals surface area contributed by atoms with Crippen LogP contribution in [0.2, 0.25) is 0 Å². The fraction of sp³-hybridized carbons (Fsp3) is 0.318. The number of amides is 1. The van der Waals surface area contributed by atoms with Crippen molar-refractivity contribution in [2.24, 2.45) is 0 Å². The van der Waals surface area contributed by atoms with Gasteiger partial charge in [-0.25, -0.2) is 4.39 Å². The number of benzene rings is 2. The number of rotatable bonds is 6. The SMILES string of the molecule is O=C(N[C@]1(c2ccccc2)CCN(CCn2cnnc2)C[C@H]1O)c1ccc(F)cc1. The van der Waals surface area contributed by atoms with Crippen LogP contribution in [0.25, 0.3) is 0 Å². The molecule has 2 atom stereocenters. The summed E-state index contributed by atoms with van der Waals surface area (Å²) in [7, 11) is 0. The van der Waals surface area contributed by atoms with E-state index in [0.29, 0.717) is 25.1 Å². The number of piperidine rings is 1. The number of likely N-dealkylation sites (tertiary alicyclic amines) is 1. The van der Waals surface area contributed by atoms with Gasteiger partial charge in [0.25, 0.3) is 5.91 Å². The van der Waals surface area contributed by atoms with Crippen LogP contribution < -0.4 is 5.32 Å². The molecule has 0 bridgehead atoms. The third-order valence-corrected chi connectivity index (χ3v) is 5.70. The smallest absolute Gasteiger partial charge is 0.252 e. The number of carbonyl (C=O) groups is 1. The van der Waals surface area contributed by atoms with Crippen molar-refractivity contribution in [1.82, 2.24) is 25.0 Å². The largest absolute Gasteiger partial charge is 0.389 e. The molecule has 156 valence electrons. The standard InChI is InChI=1S/C22H24FN5O2/c23-19-8-6-17(7-9-19)21(30)26-22(18-4-2-1-3-5-18)10-11-27(14-20(22)29)12-13-28-15-24-25-16-28/h1-9,15-16,20,29H,10-14H2,(H,26,30)/t20-,22+/m1/s1. The van der Waals surface area contributed by atoms with Crippen LogP contribution >= 0.6 is 0 Å². The first-order valence-corrected chi connectivity index (χ1v) is 9.93. The minimum atomic E-state index is -0.917. The minimum absolute atomic E-state index is 0.337. The molecule has 2 heterocycles. The summed E-state index contributed by atoms with van der Waals surface area (Å²) in [6.07, 6.45) is 3.07. The van der Waals surface area contributed by atoms with E-state index in [0.717, 1.165) is 18.7 Å². The second kappa shape index (κ2) is 8.73. The van der Waals surface area contributed by atoms with E-state index in [1.807, 2.05) is 34.9 Å². The summed E-state index contributed by atoms with van der Waals surface area (Å²) in [6.45, 7) is 2.59. The van der Waals surface area contributed by atoms with Crippen molar-refractivity contribution in [3.63, 3.8) is 0 Å². The predicted octanol–water partition coefficient (Wildman–Crippen LogP) is 1.81. The number of aliphatic hydroxyl groups excluding tert-OH is 1. The highest BCUT2D eigenvalue weighted by Crippen LogP contribution is 2.34. The molecule has 1 aliphatic rings. The maximum absolute atomic E-state index is 13.2. The van der Waals surface area contributed by atoms with E-state index in [1.165, 1.54) is 24.3 Å². The summed E-state index contributed by atoms with van der Waals surface area (Å²) < 4.78 is 15.1. The molecule has 0 saturated carbocycles. The van der Waals surface area contributed by atoms with Crippen LogP contribution in [-0.2, 0) is 12.1 Å². The maximum atomic E-state index is 13.2. The van der Waals surface area contributed by atoms with Crippen molar-refractivity contribution < 1.29 is 14.3 Å². The Morgan fingerprint density at radius 2 is 1.80 bits per heavy atom. The Labute approximate surface area is 174 Å². The normalized spacial score (nSPS) is 22.0. The summed E-state index contributed by atoms with van der Waals surface area (Å²) in [4.78, 5) is 15.1. The van der Waals surface area contributed by atoms with Crippen molar-refractivity contribution in [3.8, 4) is 0 Å². The number of hydrogen-bond donors (Lipinski definition) is 2. The molecule has 2 N–H and O–H groups in total. The van der Waals surface area contributed by atoms with Crippen molar-refractivity contribution >= 4 is 5.91 Å². The van der Waals surface area contributed by atoms with Gasteiger partial charge >= 0.3 is 0 Å². The molecule has 30 heavy (non-hydrogen) atoms. The molecule has 0 spiro atoms. The van der Waals surface area contributed by atoms with E-state index in [9.17, 15) is 14.3 Å². The number of nitrogens with one attached hydrogen (secondary N) is 1. The molecule has 4 rings (SSSR count). The Bertz CT molecular complexity index is 965. The summed E-state index contributed by atoms with van der Waals surface area (Å²) in [5, 5.41) is 21.9. The van der Waals surface area contributed by atoms with Gasteiger partial charge in [0, 0.05) is 31.7 Å². The average Bonchev–Trinajstić information content (AvgIpc) is 3.29. The lowest BCUT2D eigenvalue weighted by Gasteiger charge is -2.46. The molecule has 8 heteroatoms. The first-order valence-electron chi connectivity index (χ1n) is 9.93. The van der Waals surface area contributed by atoms with E-state index < -0.39 is 17.5 Å². The Morgan fingerprint density at radius 3 is 2.47 bits per heavy atom. The van der Waals surface area contributed by atoms with E-state index in [4.69, 9.17) is 0 Å².